The van der Waals surface area contributed by atoms with E-state index in [9.17, 15) is 4.39 Å². The summed E-state index contributed by atoms with van der Waals surface area (Å²) in [5.41, 5.74) is 8.60. The van der Waals surface area contributed by atoms with E-state index in [1.165, 1.54) is 6.07 Å². The van der Waals surface area contributed by atoms with E-state index in [1.54, 1.807) is 7.11 Å². The van der Waals surface area contributed by atoms with E-state index in [0.29, 0.717) is 24.4 Å². The molecule has 2 aromatic carbocycles. The van der Waals surface area contributed by atoms with Gasteiger partial charge in [0, 0.05) is 30.4 Å². The SMILES string of the molecule is COc1cc(F)c2c(c1)C(CN)N(c1ccccc1)C2. The van der Waals surface area contributed by atoms with Crippen LogP contribution in [0, 0.1) is 5.82 Å². The van der Waals surface area contributed by atoms with Crippen LogP contribution in [0.2, 0.25) is 0 Å². The lowest BCUT2D eigenvalue weighted by atomic mass is 10.0. The number of ether oxygens (including phenoxy) is 1. The first kappa shape index (κ1) is 12.9. The lowest BCUT2D eigenvalue weighted by Crippen LogP contribution is -2.27. The van der Waals surface area contributed by atoms with E-state index in [-0.39, 0.29) is 11.9 Å². The number of hydrogen-bond donors (Lipinski definition) is 1. The number of anilines is 1. The Hall–Kier alpha value is -2.07. The Bertz CT molecular complexity index is 615. The van der Waals surface area contributed by atoms with Crippen molar-refractivity contribution < 1.29 is 9.13 Å². The third-order valence-corrected chi connectivity index (χ3v) is 3.81. The number of hydrogen-bond acceptors (Lipinski definition) is 3. The Kier molecular flexibility index (Phi) is 3.32. The fraction of sp³-hybridized carbons (Fsp3) is 0.250. The fourth-order valence-electron chi connectivity index (χ4n) is 2.81. The quantitative estimate of drug-likeness (QED) is 0.933. The van der Waals surface area contributed by atoms with Gasteiger partial charge in [-0.1, -0.05) is 18.2 Å². The molecule has 0 saturated heterocycles. The number of fused-ring (bicyclic) bond motifs is 1. The highest BCUT2D eigenvalue weighted by molar-refractivity contribution is 5.56. The monoisotopic (exact) mass is 272 g/mol. The molecule has 0 aliphatic carbocycles. The van der Waals surface area contributed by atoms with Crippen LogP contribution in [-0.2, 0) is 6.54 Å². The van der Waals surface area contributed by atoms with Gasteiger partial charge in [-0.15, -0.1) is 0 Å². The summed E-state index contributed by atoms with van der Waals surface area (Å²) < 4.78 is 19.3. The van der Waals surface area contributed by atoms with Crippen LogP contribution in [0.5, 0.6) is 5.75 Å². The molecule has 1 heterocycles. The maximum absolute atomic E-state index is 14.2. The summed E-state index contributed by atoms with van der Waals surface area (Å²) in [6, 6.07) is 13.3. The van der Waals surface area contributed by atoms with Crippen LogP contribution in [0.25, 0.3) is 0 Å². The first-order valence-corrected chi connectivity index (χ1v) is 6.62. The van der Waals surface area contributed by atoms with Crippen LogP contribution in [0.1, 0.15) is 17.2 Å². The summed E-state index contributed by atoms with van der Waals surface area (Å²) in [4.78, 5) is 2.13. The number of methoxy groups -OCH3 is 1. The predicted octanol–water partition coefficient (Wildman–Crippen LogP) is 2.85. The molecule has 1 unspecified atom stereocenters. The molecule has 1 aliphatic heterocycles. The first-order valence-electron chi connectivity index (χ1n) is 6.62. The predicted molar refractivity (Wildman–Crippen MR) is 77.4 cm³/mol. The molecular formula is C16H17FN2O. The van der Waals surface area contributed by atoms with Gasteiger partial charge in [-0.25, -0.2) is 4.39 Å². The van der Waals surface area contributed by atoms with Gasteiger partial charge in [0.2, 0.25) is 0 Å². The largest absolute Gasteiger partial charge is 0.497 e. The molecule has 0 bridgehead atoms. The molecule has 0 amide bonds. The van der Waals surface area contributed by atoms with Gasteiger partial charge in [0.05, 0.1) is 13.2 Å². The van der Waals surface area contributed by atoms with E-state index in [2.05, 4.69) is 4.90 Å². The van der Waals surface area contributed by atoms with Crippen molar-refractivity contribution in [2.45, 2.75) is 12.6 Å². The zero-order valence-electron chi connectivity index (χ0n) is 11.3. The molecule has 0 aromatic heterocycles. The van der Waals surface area contributed by atoms with Gasteiger partial charge in [0.25, 0.3) is 0 Å². The van der Waals surface area contributed by atoms with Crippen molar-refractivity contribution in [1.29, 1.82) is 0 Å². The first-order chi connectivity index (χ1) is 9.74. The second kappa shape index (κ2) is 5.13. The summed E-state index contributed by atoms with van der Waals surface area (Å²) in [6.07, 6.45) is 0. The minimum Gasteiger partial charge on any atom is -0.497 e. The van der Waals surface area contributed by atoms with Gasteiger partial charge in [0.1, 0.15) is 11.6 Å². The number of para-hydroxylation sites is 1. The van der Waals surface area contributed by atoms with Gasteiger partial charge in [0.15, 0.2) is 0 Å². The molecule has 0 radical (unpaired) electrons. The van der Waals surface area contributed by atoms with Crippen molar-refractivity contribution in [3.8, 4) is 5.75 Å². The van der Waals surface area contributed by atoms with E-state index >= 15 is 0 Å². The Labute approximate surface area is 117 Å². The highest BCUT2D eigenvalue weighted by Crippen LogP contribution is 2.39. The average molecular weight is 272 g/mol. The molecule has 104 valence electrons. The standard InChI is InChI=1S/C16H17FN2O/c1-20-12-7-13-14(15(17)8-12)10-19(16(13)9-18)11-5-3-2-4-6-11/h2-8,16H,9-10,18H2,1H3. The molecule has 1 atom stereocenters. The normalized spacial score (nSPS) is 17.1. The summed E-state index contributed by atoms with van der Waals surface area (Å²) in [5.74, 6) is 0.311. The summed E-state index contributed by atoms with van der Waals surface area (Å²) >= 11 is 0. The van der Waals surface area contributed by atoms with Crippen molar-refractivity contribution in [2.75, 3.05) is 18.6 Å². The maximum Gasteiger partial charge on any atom is 0.132 e. The van der Waals surface area contributed by atoms with Crippen LogP contribution in [0.15, 0.2) is 42.5 Å². The van der Waals surface area contributed by atoms with E-state index in [1.807, 2.05) is 36.4 Å². The summed E-state index contributed by atoms with van der Waals surface area (Å²) in [7, 11) is 1.54. The van der Waals surface area contributed by atoms with Crippen molar-refractivity contribution in [2.24, 2.45) is 5.73 Å². The van der Waals surface area contributed by atoms with E-state index in [4.69, 9.17) is 10.5 Å². The third-order valence-electron chi connectivity index (χ3n) is 3.81. The summed E-state index contributed by atoms with van der Waals surface area (Å²) in [6.45, 7) is 0.978. The molecule has 0 saturated carbocycles. The lowest BCUT2D eigenvalue weighted by Gasteiger charge is -2.26. The minimum atomic E-state index is -0.226. The van der Waals surface area contributed by atoms with Crippen molar-refractivity contribution >= 4 is 5.69 Å². The highest BCUT2D eigenvalue weighted by Gasteiger charge is 2.32. The molecule has 0 spiro atoms. The van der Waals surface area contributed by atoms with Crippen molar-refractivity contribution in [1.82, 2.24) is 0 Å². The molecule has 2 N–H and O–H groups in total. The minimum absolute atomic E-state index is 0.0167. The fourth-order valence-corrected chi connectivity index (χ4v) is 2.81. The third kappa shape index (κ3) is 2.02. The van der Waals surface area contributed by atoms with Crippen LogP contribution in [0.4, 0.5) is 10.1 Å². The Morgan fingerprint density at radius 1 is 1.30 bits per heavy atom. The van der Waals surface area contributed by atoms with Gasteiger partial charge in [-0.2, -0.15) is 0 Å². The lowest BCUT2D eigenvalue weighted by molar-refractivity contribution is 0.410. The molecule has 1 aliphatic rings. The molecular weight excluding hydrogens is 255 g/mol. The van der Waals surface area contributed by atoms with Gasteiger partial charge in [-0.3, -0.25) is 0 Å². The van der Waals surface area contributed by atoms with Gasteiger partial charge >= 0.3 is 0 Å². The smallest absolute Gasteiger partial charge is 0.132 e. The second-order valence-corrected chi connectivity index (χ2v) is 4.89. The number of nitrogens with two attached hydrogens (primary N) is 1. The van der Waals surface area contributed by atoms with Crippen LogP contribution < -0.4 is 15.4 Å². The Morgan fingerprint density at radius 3 is 2.70 bits per heavy atom. The van der Waals surface area contributed by atoms with Crippen LogP contribution >= 0.6 is 0 Å². The number of rotatable bonds is 3. The van der Waals surface area contributed by atoms with Crippen molar-refractivity contribution in [3.05, 3.63) is 59.4 Å². The van der Waals surface area contributed by atoms with Crippen molar-refractivity contribution in [3.63, 3.8) is 0 Å². The molecule has 20 heavy (non-hydrogen) atoms. The number of halogens is 1. The second-order valence-electron chi connectivity index (χ2n) is 4.89. The molecule has 4 heteroatoms. The maximum atomic E-state index is 14.2. The molecule has 3 nitrogen and oxygen atoms in total. The Morgan fingerprint density at radius 2 is 2.05 bits per heavy atom. The topological polar surface area (TPSA) is 38.5 Å². The zero-order valence-corrected chi connectivity index (χ0v) is 11.3. The number of benzene rings is 2. The van der Waals surface area contributed by atoms with E-state index in [0.717, 1.165) is 11.3 Å². The molecule has 3 rings (SSSR count). The Balaban J connectivity index is 2.05. The average Bonchev–Trinajstić information content (AvgIpc) is 2.87. The van der Waals surface area contributed by atoms with E-state index < -0.39 is 0 Å². The summed E-state index contributed by atoms with van der Waals surface area (Å²) in [5, 5.41) is 0. The zero-order chi connectivity index (χ0) is 14.1. The van der Waals surface area contributed by atoms with Gasteiger partial charge in [-0.05, 0) is 23.8 Å². The van der Waals surface area contributed by atoms with Gasteiger partial charge < -0.3 is 15.4 Å². The van der Waals surface area contributed by atoms with Crippen LogP contribution in [-0.4, -0.2) is 13.7 Å². The van der Waals surface area contributed by atoms with Crippen LogP contribution in [0.3, 0.4) is 0 Å². The number of nitrogens with zero attached hydrogens (tertiary/aromatic N) is 1. The highest BCUT2D eigenvalue weighted by atomic mass is 19.1. The molecule has 2 aromatic rings. The molecule has 0 fully saturated rings.